The molecule has 3 rings (SSSR count). The number of hydrogen-bond acceptors (Lipinski definition) is 1. The Hall–Kier alpha value is -0.330. The molecule has 0 N–H and O–H groups in total. The van der Waals surface area contributed by atoms with Gasteiger partial charge in [0.05, 0.1) is 0 Å². The van der Waals surface area contributed by atoms with Gasteiger partial charge in [-0.1, -0.05) is 0 Å². The molecule has 1 spiro atoms. The van der Waals surface area contributed by atoms with Crippen LogP contribution >= 0.6 is 0 Å². The molecule has 3 unspecified atom stereocenters. The zero-order valence-electron chi connectivity index (χ0n) is 7.51. The molecule has 0 saturated heterocycles. The number of rotatable bonds is 0. The fourth-order valence-corrected chi connectivity index (χ4v) is 4.01. The van der Waals surface area contributed by atoms with Gasteiger partial charge < -0.3 is 0 Å². The van der Waals surface area contributed by atoms with Crippen molar-refractivity contribution in [3.63, 3.8) is 0 Å². The number of hydrogen-bond donors (Lipinski definition) is 0. The molecule has 0 aromatic rings. The summed E-state index contributed by atoms with van der Waals surface area (Å²) < 4.78 is 0. The van der Waals surface area contributed by atoms with E-state index in [1.54, 1.807) is 0 Å². The molecular weight excluding hydrogens is 148 g/mol. The average molecular weight is 164 g/mol. The van der Waals surface area contributed by atoms with Gasteiger partial charge in [-0.3, -0.25) is 4.79 Å². The zero-order chi connectivity index (χ0) is 8.18. The Morgan fingerprint density at radius 1 is 1.33 bits per heavy atom. The van der Waals surface area contributed by atoms with Crippen LogP contribution in [0.3, 0.4) is 0 Å². The Kier molecular flexibility index (Phi) is 1.26. The first kappa shape index (κ1) is 7.11. The predicted octanol–water partition coefficient (Wildman–Crippen LogP) is 2.55. The van der Waals surface area contributed by atoms with Crippen molar-refractivity contribution >= 4 is 5.78 Å². The maximum Gasteiger partial charge on any atom is 0.139 e. The first-order chi connectivity index (χ1) is 5.81. The molecule has 1 heteroatoms. The van der Waals surface area contributed by atoms with Gasteiger partial charge >= 0.3 is 0 Å². The summed E-state index contributed by atoms with van der Waals surface area (Å²) in [5, 5.41) is 0. The van der Waals surface area contributed by atoms with Crippen molar-refractivity contribution < 1.29 is 4.79 Å². The van der Waals surface area contributed by atoms with E-state index in [4.69, 9.17) is 0 Å². The van der Waals surface area contributed by atoms with Crippen LogP contribution in [0, 0.1) is 17.3 Å². The molecular formula is C11H16O. The van der Waals surface area contributed by atoms with Crippen molar-refractivity contribution in [1.82, 2.24) is 0 Å². The van der Waals surface area contributed by atoms with Crippen LogP contribution in [-0.2, 0) is 4.79 Å². The molecule has 0 heterocycles. The standard InChI is InChI=1S/C11H16O/c12-10-3-1-2-9-6-8-4-5-11(9,10)7-8/h8-9H,1-7H2. The van der Waals surface area contributed by atoms with Crippen LogP contribution < -0.4 is 0 Å². The summed E-state index contributed by atoms with van der Waals surface area (Å²) in [5.74, 6) is 2.35. The summed E-state index contributed by atoms with van der Waals surface area (Å²) in [7, 11) is 0. The summed E-state index contributed by atoms with van der Waals surface area (Å²) in [6.45, 7) is 0. The van der Waals surface area contributed by atoms with E-state index < -0.39 is 0 Å². The molecule has 3 aliphatic carbocycles. The molecule has 66 valence electrons. The molecule has 0 amide bonds. The Labute approximate surface area is 73.5 Å². The average Bonchev–Trinajstić information content (AvgIpc) is 2.61. The van der Waals surface area contributed by atoms with Gasteiger partial charge in [0.25, 0.3) is 0 Å². The van der Waals surface area contributed by atoms with Crippen molar-refractivity contribution in [2.75, 3.05) is 0 Å². The highest BCUT2D eigenvalue weighted by Crippen LogP contribution is 2.61. The number of fused-ring (bicyclic) bond motifs is 1. The molecule has 0 aliphatic heterocycles. The third kappa shape index (κ3) is 0.681. The van der Waals surface area contributed by atoms with E-state index in [9.17, 15) is 4.79 Å². The highest BCUT2D eigenvalue weighted by molar-refractivity contribution is 5.86. The molecule has 3 aliphatic rings. The first-order valence-electron chi connectivity index (χ1n) is 5.34. The third-order valence-corrected chi connectivity index (χ3v) is 4.56. The van der Waals surface area contributed by atoms with Gasteiger partial charge in [0.2, 0.25) is 0 Å². The fourth-order valence-electron chi connectivity index (χ4n) is 4.01. The van der Waals surface area contributed by atoms with E-state index in [0.29, 0.717) is 5.78 Å². The Morgan fingerprint density at radius 2 is 2.25 bits per heavy atom. The Balaban J connectivity index is 2.00. The van der Waals surface area contributed by atoms with Crippen molar-refractivity contribution in [3.05, 3.63) is 0 Å². The monoisotopic (exact) mass is 164 g/mol. The van der Waals surface area contributed by atoms with Crippen molar-refractivity contribution in [1.29, 1.82) is 0 Å². The van der Waals surface area contributed by atoms with Crippen LogP contribution in [0.4, 0.5) is 0 Å². The van der Waals surface area contributed by atoms with Crippen LogP contribution in [0.5, 0.6) is 0 Å². The third-order valence-electron chi connectivity index (χ3n) is 4.56. The van der Waals surface area contributed by atoms with E-state index in [-0.39, 0.29) is 5.41 Å². The second kappa shape index (κ2) is 2.12. The minimum atomic E-state index is 0.225. The van der Waals surface area contributed by atoms with E-state index in [0.717, 1.165) is 18.3 Å². The van der Waals surface area contributed by atoms with Gasteiger partial charge in [-0.2, -0.15) is 0 Å². The summed E-state index contributed by atoms with van der Waals surface area (Å²) in [6, 6.07) is 0. The van der Waals surface area contributed by atoms with Crippen molar-refractivity contribution in [2.24, 2.45) is 17.3 Å². The van der Waals surface area contributed by atoms with Gasteiger partial charge in [-0.25, -0.2) is 0 Å². The van der Waals surface area contributed by atoms with E-state index in [1.165, 1.54) is 38.5 Å². The number of carbonyl (C=O) groups excluding carboxylic acids is 1. The molecule has 2 bridgehead atoms. The molecule has 0 radical (unpaired) electrons. The molecule has 0 aromatic heterocycles. The first-order valence-corrected chi connectivity index (χ1v) is 5.34. The van der Waals surface area contributed by atoms with Gasteiger partial charge in [0.15, 0.2) is 0 Å². The molecule has 3 fully saturated rings. The van der Waals surface area contributed by atoms with Gasteiger partial charge in [0, 0.05) is 11.8 Å². The van der Waals surface area contributed by atoms with Gasteiger partial charge in [-0.15, -0.1) is 0 Å². The molecule has 1 nitrogen and oxygen atoms in total. The quantitative estimate of drug-likeness (QED) is 0.537. The smallest absolute Gasteiger partial charge is 0.139 e. The Bertz CT molecular complexity index is 233. The van der Waals surface area contributed by atoms with Crippen molar-refractivity contribution in [3.8, 4) is 0 Å². The fraction of sp³-hybridized carbons (Fsp3) is 0.909. The topological polar surface area (TPSA) is 17.1 Å². The summed E-state index contributed by atoms with van der Waals surface area (Å²) in [4.78, 5) is 11.9. The highest BCUT2D eigenvalue weighted by Gasteiger charge is 2.56. The molecule has 3 saturated carbocycles. The van der Waals surface area contributed by atoms with Crippen LogP contribution in [0.2, 0.25) is 0 Å². The van der Waals surface area contributed by atoms with Gasteiger partial charge in [0.1, 0.15) is 5.78 Å². The number of ketones is 1. The van der Waals surface area contributed by atoms with Crippen molar-refractivity contribution in [2.45, 2.75) is 44.9 Å². The Morgan fingerprint density at radius 3 is 3.00 bits per heavy atom. The largest absolute Gasteiger partial charge is 0.299 e. The number of carbonyl (C=O) groups is 1. The van der Waals surface area contributed by atoms with E-state index in [1.807, 2.05) is 0 Å². The summed E-state index contributed by atoms with van der Waals surface area (Å²) >= 11 is 0. The maximum atomic E-state index is 11.9. The minimum absolute atomic E-state index is 0.225. The van der Waals surface area contributed by atoms with Gasteiger partial charge in [-0.05, 0) is 50.4 Å². The molecule has 3 atom stereocenters. The normalized spacial score (nSPS) is 51.2. The summed E-state index contributed by atoms with van der Waals surface area (Å²) in [6.07, 6.45) is 8.65. The lowest BCUT2D eigenvalue weighted by Gasteiger charge is -2.37. The zero-order valence-corrected chi connectivity index (χ0v) is 7.51. The lowest BCUT2D eigenvalue weighted by molar-refractivity contribution is -0.133. The molecule has 0 aromatic carbocycles. The van der Waals surface area contributed by atoms with Crippen LogP contribution in [-0.4, -0.2) is 5.78 Å². The van der Waals surface area contributed by atoms with Crippen LogP contribution in [0.25, 0.3) is 0 Å². The number of Topliss-reactive ketones (excluding diaryl/α,β-unsaturated/α-hetero) is 1. The minimum Gasteiger partial charge on any atom is -0.299 e. The maximum absolute atomic E-state index is 11.9. The summed E-state index contributed by atoms with van der Waals surface area (Å²) in [5.41, 5.74) is 0.225. The highest BCUT2D eigenvalue weighted by atomic mass is 16.1. The molecule has 12 heavy (non-hydrogen) atoms. The van der Waals surface area contributed by atoms with Crippen LogP contribution in [0.1, 0.15) is 44.9 Å². The second-order valence-electron chi connectivity index (χ2n) is 5.01. The van der Waals surface area contributed by atoms with Crippen LogP contribution in [0.15, 0.2) is 0 Å². The lowest BCUT2D eigenvalue weighted by Crippen LogP contribution is -2.37. The lowest BCUT2D eigenvalue weighted by atomic mass is 9.65. The van der Waals surface area contributed by atoms with E-state index >= 15 is 0 Å². The second-order valence-corrected chi connectivity index (χ2v) is 5.01. The SMILES string of the molecule is O=C1CCCC2CC3CCC12C3. The van der Waals surface area contributed by atoms with E-state index in [2.05, 4.69) is 0 Å². The predicted molar refractivity (Wildman–Crippen MR) is 46.7 cm³/mol.